The number of aryl methyl sites for hydroxylation is 1. The third-order valence-electron chi connectivity index (χ3n) is 4.86. The molecule has 146 valence electrons. The van der Waals surface area contributed by atoms with Crippen LogP contribution in [-0.4, -0.2) is 31.3 Å². The van der Waals surface area contributed by atoms with Gasteiger partial charge in [-0.3, -0.25) is 9.59 Å². The Balaban J connectivity index is 1.92. The molecule has 0 amide bonds. The molecule has 0 bridgehead atoms. The molecule has 6 nitrogen and oxygen atoms in total. The summed E-state index contributed by atoms with van der Waals surface area (Å²) in [6, 6.07) is 14.1. The topological polar surface area (TPSA) is 101 Å². The third kappa shape index (κ3) is 3.09. The van der Waals surface area contributed by atoms with Crippen LogP contribution in [0.25, 0.3) is 0 Å². The van der Waals surface area contributed by atoms with E-state index in [1.807, 2.05) is 0 Å². The number of benzene rings is 3. The highest BCUT2D eigenvalue weighted by Crippen LogP contribution is 2.38. The summed E-state index contributed by atoms with van der Waals surface area (Å²) in [5.41, 5.74) is 1.70. The monoisotopic (exact) mass is 407 g/mol. The average molecular weight is 407 g/mol. The number of fused-ring (bicyclic) bond motifs is 2. The van der Waals surface area contributed by atoms with Gasteiger partial charge in [0, 0.05) is 17.4 Å². The van der Waals surface area contributed by atoms with Crippen molar-refractivity contribution in [2.45, 2.75) is 11.8 Å². The number of hydrogen-bond donors (Lipinski definition) is 2. The molecule has 0 saturated carbocycles. The molecule has 0 saturated heterocycles. The summed E-state index contributed by atoms with van der Waals surface area (Å²) in [7, 11) is -3.54. The SMILES string of the molecule is Cc1ccc(Nc2ccc(O)c3c2C(=O)c2ccccc2C3=O)c(S(C)(=O)=O)c1. The van der Waals surface area contributed by atoms with Gasteiger partial charge >= 0.3 is 0 Å². The largest absolute Gasteiger partial charge is 0.507 e. The van der Waals surface area contributed by atoms with Crippen LogP contribution in [0.4, 0.5) is 11.4 Å². The Bertz CT molecular complexity index is 1310. The van der Waals surface area contributed by atoms with Crippen LogP contribution in [0, 0.1) is 6.92 Å². The van der Waals surface area contributed by atoms with E-state index in [0.29, 0.717) is 0 Å². The molecule has 0 unspecified atom stereocenters. The van der Waals surface area contributed by atoms with E-state index >= 15 is 0 Å². The highest BCUT2D eigenvalue weighted by Gasteiger charge is 2.34. The number of aromatic hydroxyl groups is 1. The lowest BCUT2D eigenvalue weighted by Gasteiger charge is -2.22. The molecule has 0 aliphatic heterocycles. The maximum atomic E-state index is 13.1. The first-order valence-corrected chi connectivity index (χ1v) is 10.7. The lowest BCUT2D eigenvalue weighted by molar-refractivity contribution is 0.0977. The number of phenolic OH excluding ortho intramolecular Hbond substituents is 1. The predicted octanol–water partition coefficient (Wildman–Crippen LogP) is 3.62. The zero-order valence-corrected chi connectivity index (χ0v) is 16.5. The van der Waals surface area contributed by atoms with Crippen LogP contribution in [0.3, 0.4) is 0 Å². The van der Waals surface area contributed by atoms with E-state index in [1.54, 1.807) is 43.3 Å². The molecule has 0 radical (unpaired) electrons. The second kappa shape index (κ2) is 6.56. The Morgan fingerprint density at radius 2 is 1.41 bits per heavy atom. The van der Waals surface area contributed by atoms with E-state index in [1.165, 1.54) is 18.2 Å². The van der Waals surface area contributed by atoms with E-state index in [4.69, 9.17) is 0 Å². The van der Waals surface area contributed by atoms with Crippen molar-refractivity contribution < 1.29 is 23.1 Å². The van der Waals surface area contributed by atoms with Gasteiger partial charge in [-0.1, -0.05) is 30.3 Å². The van der Waals surface area contributed by atoms with E-state index in [-0.39, 0.29) is 44.3 Å². The Kier molecular flexibility index (Phi) is 4.28. The molecule has 1 aliphatic carbocycles. The Labute approximate surface area is 167 Å². The number of rotatable bonds is 3. The van der Waals surface area contributed by atoms with Crippen molar-refractivity contribution in [3.8, 4) is 5.75 Å². The van der Waals surface area contributed by atoms with Crippen LogP contribution in [0.15, 0.2) is 59.5 Å². The molecule has 29 heavy (non-hydrogen) atoms. The maximum absolute atomic E-state index is 13.1. The summed E-state index contributed by atoms with van der Waals surface area (Å²) < 4.78 is 24.4. The van der Waals surface area contributed by atoms with Crippen LogP contribution in [0.2, 0.25) is 0 Å². The quantitative estimate of drug-likeness (QED) is 0.503. The van der Waals surface area contributed by atoms with Gasteiger partial charge in [0.2, 0.25) is 0 Å². The van der Waals surface area contributed by atoms with E-state index < -0.39 is 21.4 Å². The molecule has 0 aromatic heterocycles. The summed E-state index contributed by atoms with van der Waals surface area (Å²) in [4.78, 5) is 26.1. The van der Waals surface area contributed by atoms with Crippen molar-refractivity contribution in [3.05, 3.63) is 82.4 Å². The van der Waals surface area contributed by atoms with Gasteiger partial charge in [0.1, 0.15) is 5.75 Å². The van der Waals surface area contributed by atoms with E-state index in [0.717, 1.165) is 11.8 Å². The number of nitrogens with one attached hydrogen (secondary N) is 1. The van der Waals surface area contributed by atoms with Crippen molar-refractivity contribution in [1.82, 2.24) is 0 Å². The van der Waals surface area contributed by atoms with Crippen LogP contribution in [-0.2, 0) is 9.84 Å². The van der Waals surface area contributed by atoms with Gasteiger partial charge in [0.05, 0.1) is 27.4 Å². The normalized spacial score (nSPS) is 13.0. The smallest absolute Gasteiger partial charge is 0.198 e. The number of phenols is 1. The predicted molar refractivity (Wildman–Crippen MR) is 109 cm³/mol. The Morgan fingerprint density at radius 3 is 2.03 bits per heavy atom. The molecule has 3 aromatic rings. The van der Waals surface area contributed by atoms with Crippen molar-refractivity contribution in [2.75, 3.05) is 11.6 Å². The molecule has 1 aliphatic rings. The minimum atomic E-state index is -3.54. The zero-order chi connectivity index (χ0) is 20.9. The van der Waals surface area contributed by atoms with Crippen LogP contribution in [0.1, 0.15) is 37.4 Å². The first-order chi connectivity index (χ1) is 13.7. The second-order valence-electron chi connectivity index (χ2n) is 6.98. The van der Waals surface area contributed by atoms with Gasteiger partial charge in [-0.15, -0.1) is 0 Å². The zero-order valence-electron chi connectivity index (χ0n) is 15.7. The summed E-state index contributed by atoms with van der Waals surface area (Å²) >= 11 is 0. The number of hydrogen-bond acceptors (Lipinski definition) is 6. The summed E-state index contributed by atoms with van der Waals surface area (Å²) in [6.45, 7) is 1.78. The minimum absolute atomic E-state index is 0.0220. The van der Waals surface area contributed by atoms with Crippen LogP contribution < -0.4 is 5.32 Å². The first kappa shape index (κ1) is 18.9. The number of anilines is 2. The lowest BCUT2D eigenvalue weighted by Crippen LogP contribution is -2.22. The Morgan fingerprint density at radius 1 is 0.828 bits per heavy atom. The summed E-state index contributed by atoms with van der Waals surface area (Å²) in [5, 5.41) is 13.3. The fourth-order valence-corrected chi connectivity index (χ4v) is 4.41. The van der Waals surface area contributed by atoms with Gasteiger partial charge in [-0.2, -0.15) is 0 Å². The number of sulfone groups is 1. The number of carbonyl (C=O) groups is 2. The fourth-order valence-electron chi connectivity index (χ4n) is 3.49. The number of ketones is 2. The molecule has 0 atom stereocenters. The molecule has 0 heterocycles. The Hall–Kier alpha value is -3.45. The average Bonchev–Trinajstić information content (AvgIpc) is 2.68. The second-order valence-corrected chi connectivity index (χ2v) is 8.97. The summed E-state index contributed by atoms with van der Waals surface area (Å²) in [6.07, 6.45) is 1.10. The maximum Gasteiger partial charge on any atom is 0.198 e. The molecule has 0 fully saturated rings. The molecule has 4 rings (SSSR count). The highest BCUT2D eigenvalue weighted by molar-refractivity contribution is 7.90. The van der Waals surface area contributed by atoms with Gasteiger partial charge in [0.15, 0.2) is 21.4 Å². The highest BCUT2D eigenvalue weighted by atomic mass is 32.2. The standard InChI is InChI=1S/C22H17NO5S/c1-12-7-8-15(18(11-12)29(2,27)28)23-16-9-10-17(24)20-19(16)21(25)13-5-3-4-6-14(13)22(20)26/h3-11,23-24H,1-2H3. The summed E-state index contributed by atoms with van der Waals surface area (Å²) in [5.74, 6) is -1.17. The first-order valence-electron chi connectivity index (χ1n) is 8.80. The van der Waals surface area contributed by atoms with Crippen LogP contribution in [0.5, 0.6) is 5.75 Å². The molecular weight excluding hydrogens is 390 g/mol. The van der Waals surface area contributed by atoms with Gasteiger partial charge < -0.3 is 10.4 Å². The van der Waals surface area contributed by atoms with Crippen molar-refractivity contribution in [2.24, 2.45) is 0 Å². The molecule has 3 aromatic carbocycles. The van der Waals surface area contributed by atoms with Crippen molar-refractivity contribution in [1.29, 1.82) is 0 Å². The van der Waals surface area contributed by atoms with Gasteiger partial charge in [-0.25, -0.2) is 8.42 Å². The number of carbonyl (C=O) groups excluding carboxylic acids is 2. The van der Waals surface area contributed by atoms with E-state index in [9.17, 15) is 23.1 Å². The molecule has 0 spiro atoms. The fraction of sp³-hybridized carbons (Fsp3) is 0.0909. The molecule has 7 heteroatoms. The van der Waals surface area contributed by atoms with Gasteiger partial charge in [-0.05, 0) is 36.8 Å². The van der Waals surface area contributed by atoms with Crippen LogP contribution >= 0.6 is 0 Å². The van der Waals surface area contributed by atoms with E-state index in [2.05, 4.69) is 5.32 Å². The molecule has 2 N–H and O–H groups in total. The van der Waals surface area contributed by atoms with Crippen molar-refractivity contribution >= 4 is 32.8 Å². The third-order valence-corrected chi connectivity index (χ3v) is 6.00. The van der Waals surface area contributed by atoms with Gasteiger partial charge in [0.25, 0.3) is 0 Å². The van der Waals surface area contributed by atoms with Crippen molar-refractivity contribution in [3.63, 3.8) is 0 Å². The molecular formula is C22H17NO5S. The lowest BCUT2D eigenvalue weighted by atomic mass is 9.82. The minimum Gasteiger partial charge on any atom is -0.507 e.